The van der Waals surface area contributed by atoms with E-state index in [0.29, 0.717) is 6.42 Å². The third-order valence-corrected chi connectivity index (χ3v) is 11.8. The molecule has 0 aromatic carbocycles. The molecular weight excluding hydrogens is 372 g/mol. The predicted molar refractivity (Wildman–Crippen MR) is 128 cm³/mol. The number of carbonyl (C=O) groups excluding carboxylic acids is 1. The number of hydrogen-bond donors (Lipinski definition) is 0. The predicted octanol–water partition coefficient (Wildman–Crippen LogP) is 7.42. The summed E-state index contributed by atoms with van der Waals surface area (Å²) in [7, 11) is -1.46. The lowest BCUT2D eigenvalue weighted by molar-refractivity contribution is -0.113. The molecule has 0 saturated carbocycles. The number of hydrogen-bond acceptors (Lipinski definition) is 2. The molecular formula is C26H44O2Si. The highest BCUT2D eigenvalue weighted by Crippen LogP contribution is 2.21. The van der Waals surface area contributed by atoms with Crippen LogP contribution in [-0.2, 0) is 11.2 Å². The van der Waals surface area contributed by atoms with Gasteiger partial charge < -0.3 is 4.42 Å². The van der Waals surface area contributed by atoms with E-state index in [1.165, 1.54) is 74.9 Å². The molecule has 1 rings (SSSR count). The Bertz CT molecular complexity index is 608. The molecule has 0 amide bonds. The zero-order valence-electron chi connectivity index (χ0n) is 19.6. The van der Waals surface area contributed by atoms with Crippen molar-refractivity contribution in [1.29, 1.82) is 0 Å². The van der Waals surface area contributed by atoms with Crippen molar-refractivity contribution in [2.75, 3.05) is 0 Å². The molecule has 3 heteroatoms. The second kappa shape index (κ2) is 15.6. The second-order valence-corrected chi connectivity index (χ2v) is 13.6. The van der Waals surface area contributed by atoms with Crippen LogP contribution in [0.5, 0.6) is 0 Å². The van der Waals surface area contributed by atoms with Crippen molar-refractivity contribution < 1.29 is 9.21 Å². The van der Waals surface area contributed by atoms with Gasteiger partial charge in [0.25, 0.3) is 0 Å². The largest absolute Gasteiger partial charge is 0.474 e. The van der Waals surface area contributed by atoms with Gasteiger partial charge in [0.2, 0.25) is 5.78 Å². The van der Waals surface area contributed by atoms with Crippen molar-refractivity contribution in [1.82, 2.24) is 0 Å². The molecule has 1 heterocycles. The minimum absolute atomic E-state index is 0.0636. The summed E-state index contributed by atoms with van der Waals surface area (Å²) in [5.41, 5.74) is 1.15. The Hall–Kier alpha value is -1.27. The maximum Gasteiger partial charge on any atom is 0.205 e. The summed E-state index contributed by atoms with van der Waals surface area (Å²) in [5, 5.41) is 1.21. The molecule has 2 nitrogen and oxygen atoms in total. The SMILES string of the molecule is CCCCCCCCCCCC#CC(=O)CCc1coc([Si](CC)(CC)CC)c1. The van der Waals surface area contributed by atoms with Crippen molar-refractivity contribution in [2.24, 2.45) is 0 Å². The molecule has 0 saturated heterocycles. The molecule has 0 spiro atoms. The summed E-state index contributed by atoms with van der Waals surface area (Å²) in [6.07, 6.45) is 15.8. The Morgan fingerprint density at radius 2 is 1.48 bits per heavy atom. The first-order valence-electron chi connectivity index (χ1n) is 12.2. The molecule has 0 N–H and O–H groups in total. The molecule has 0 aliphatic heterocycles. The number of rotatable bonds is 16. The number of furan rings is 1. The van der Waals surface area contributed by atoms with Gasteiger partial charge in [-0.15, -0.1) is 0 Å². The standard InChI is InChI=1S/C26H44O2Si/c1-5-9-10-11-12-13-14-15-16-17-18-19-25(27)21-20-24-22-26(28-23-24)29(6-2,7-3)8-4/h22-23H,5-17,20-21H2,1-4H3. The van der Waals surface area contributed by atoms with E-state index in [0.717, 1.165) is 24.8 Å². The average molecular weight is 417 g/mol. The van der Waals surface area contributed by atoms with Crippen LogP contribution in [-0.4, -0.2) is 13.9 Å². The van der Waals surface area contributed by atoms with Crippen LogP contribution in [0.25, 0.3) is 0 Å². The van der Waals surface area contributed by atoms with Crippen LogP contribution in [0.1, 0.15) is 104 Å². The molecule has 29 heavy (non-hydrogen) atoms. The lowest BCUT2D eigenvalue weighted by atomic mass is 10.1. The number of ketones is 1. The van der Waals surface area contributed by atoms with Crippen molar-refractivity contribution in [2.45, 2.75) is 123 Å². The molecule has 1 aromatic rings. The monoisotopic (exact) mass is 416 g/mol. The number of aryl methyl sites for hydroxylation is 1. The first kappa shape index (κ1) is 25.8. The Morgan fingerprint density at radius 1 is 0.897 bits per heavy atom. The smallest absolute Gasteiger partial charge is 0.205 e. The fourth-order valence-corrected chi connectivity index (χ4v) is 7.41. The van der Waals surface area contributed by atoms with E-state index < -0.39 is 8.07 Å². The normalized spacial score (nSPS) is 11.3. The summed E-state index contributed by atoms with van der Waals surface area (Å²) in [6.45, 7) is 9.12. The molecule has 0 aliphatic rings. The van der Waals surface area contributed by atoms with Gasteiger partial charge in [-0.2, -0.15) is 0 Å². The van der Waals surface area contributed by atoms with Gasteiger partial charge in [0, 0.05) is 12.8 Å². The van der Waals surface area contributed by atoms with Crippen molar-refractivity contribution >= 4 is 19.2 Å². The van der Waals surface area contributed by atoms with Gasteiger partial charge in [0.1, 0.15) is 8.07 Å². The Balaban J connectivity index is 2.21. The fourth-order valence-electron chi connectivity index (χ4n) is 4.06. The van der Waals surface area contributed by atoms with Crippen LogP contribution in [0.4, 0.5) is 0 Å². The molecule has 0 fully saturated rings. The van der Waals surface area contributed by atoms with Crippen LogP contribution < -0.4 is 5.38 Å². The van der Waals surface area contributed by atoms with E-state index >= 15 is 0 Å². The molecule has 0 unspecified atom stereocenters. The highest BCUT2D eigenvalue weighted by molar-refractivity contribution is 6.90. The van der Waals surface area contributed by atoms with Gasteiger partial charge in [0.05, 0.1) is 11.6 Å². The van der Waals surface area contributed by atoms with Crippen LogP contribution >= 0.6 is 0 Å². The lowest BCUT2D eigenvalue weighted by Gasteiger charge is -2.24. The van der Waals surface area contributed by atoms with Gasteiger partial charge in [0.15, 0.2) is 0 Å². The van der Waals surface area contributed by atoms with Crippen LogP contribution in [0.15, 0.2) is 16.7 Å². The zero-order chi connectivity index (χ0) is 21.4. The molecule has 0 bridgehead atoms. The van der Waals surface area contributed by atoms with Gasteiger partial charge in [-0.25, -0.2) is 0 Å². The van der Waals surface area contributed by atoms with E-state index in [9.17, 15) is 4.79 Å². The summed E-state index contributed by atoms with van der Waals surface area (Å²) >= 11 is 0. The van der Waals surface area contributed by atoms with Crippen LogP contribution in [0, 0.1) is 11.8 Å². The Morgan fingerprint density at radius 3 is 2.07 bits per heavy atom. The summed E-state index contributed by atoms with van der Waals surface area (Å²) in [5.74, 6) is 5.98. The molecule has 0 aliphatic carbocycles. The number of unbranched alkanes of at least 4 members (excludes halogenated alkanes) is 9. The summed E-state index contributed by atoms with van der Waals surface area (Å²) < 4.78 is 5.92. The van der Waals surface area contributed by atoms with Gasteiger partial charge in [-0.05, 0) is 30.4 Å². The van der Waals surface area contributed by atoms with Crippen molar-refractivity contribution in [3.8, 4) is 11.8 Å². The van der Waals surface area contributed by atoms with Crippen molar-refractivity contribution in [3.05, 3.63) is 17.9 Å². The Kier molecular flexibility index (Phi) is 13.8. The third-order valence-electron chi connectivity index (χ3n) is 6.48. The number of Topliss-reactive ketones (excluding diaryl/α,β-unsaturated/α-hetero) is 1. The first-order valence-corrected chi connectivity index (χ1v) is 14.8. The van der Waals surface area contributed by atoms with Gasteiger partial charge in [-0.1, -0.05) is 103 Å². The number of carbonyl (C=O) groups is 1. The van der Waals surface area contributed by atoms with Gasteiger partial charge >= 0.3 is 0 Å². The quantitative estimate of drug-likeness (QED) is 0.121. The molecule has 1 aromatic heterocycles. The average Bonchev–Trinajstić information content (AvgIpc) is 3.22. The molecule has 0 atom stereocenters. The van der Waals surface area contributed by atoms with Crippen LogP contribution in [0.2, 0.25) is 18.1 Å². The Labute approximate surface area is 181 Å². The minimum Gasteiger partial charge on any atom is -0.474 e. The van der Waals surface area contributed by atoms with Crippen LogP contribution in [0.3, 0.4) is 0 Å². The summed E-state index contributed by atoms with van der Waals surface area (Å²) in [4.78, 5) is 12.1. The second-order valence-electron chi connectivity index (χ2n) is 8.46. The van der Waals surface area contributed by atoms with Gasteiger partial charge in [-0.3, -0.25) is 4.79 Å². The first-order chi connectivity index (χ1) is 14.1. The minimum atomic E-state index is -1.46. The molecule has 164 valence electrons. The van der Waals surface area contributed by atoms with E-state index in [-0.39, 0.29) is 5.78 Å². The van der Waals surface area contributed by atoms with E-state index in [2.05, 4.69) is 45.6 Å². The summed E-state index contributed by atoms with van der Waals surface area (Å²) in [6, 6.07) is 5.87. The van der Waals surface area contributed by atoms with E-state index in [1.807, 2.05) is 6.26 Å². The highest BCUT2D eigenvalue weighted by Gasteiger charge is 2.32. The lowest BCUT2D eigenvalue weighted by Crippen LogP contribution is -2.44. The topological polar surface area (TPSA) is 30.2 Å². The maximum atomic E-state index is 12.1. The maximum absolute atomic E-state index is 12.1. The third kappa shape index (κ3) is 9.85. The highest BCUT2D eigenvalue weighted by atomic mass is 28.3. The van der Waals surface area contributed by atoms with E-state index in [4.69, 9.17) is 4.42 Å². The fraction of sp³-hybridized carbons (Fsp3) is 0.731. The van der Waals surface area contributed by atoms with E-state index in [1.54, 1.807) is 0 Å². The zero-order valence-corrected chi connectivity index (χ0v) is 20.6. The van der Waals surface area contributed by atoms with Crippen molar-refractivity contribution in [3.63, 3.8) is 0 Å². The molecule has 0 radical (unpaired) electrons.